The molecule has 0 spiro atoms. The topological polar surface area (TPSA) is 24.4 Å². The summed E-state index contributed by atoms with van der Waals surface area (Å²) >= 11 is 0. The van der Waals surface area contributed by atoms with Crippen molar-refractivity contribution in [3.05, 3.63) is 35.9 Å². The van der Waals surface area contributed by atoms with Crippen LogP contribution in [0.2, 0.25) is 0 Å². The Morgan fingerprint density at radius 2 is 2.07 bits per heavy atom. The Kier molecular flexibility index (Phi) is 1.39. The van der Waals surface area contributed by atoms with E-state index < -0.39 is 0 Å². The molecule has 2 aromatic carbocycles. The maximum Gasteiger partial charge on any atom is 0.0930 e. The lowest BCUT2D eigenvalue weighted by Crippen LogP contribution is -1.99. The first-order chi connectivity index (χ1) is 6.86. The Balaban J connectivity index is 2.56. The molecule has 14 heavy (non-hydrogen) atoms. The molecule has 68 valence electrons. The zero-order valence-electron chi connectivity index (χ0n) is 7.91. The van der Waals surface area contributed by atoms with Crippen molar-refractivity contribution in [2.24, 2.45) is 4.99 Å². The van der Waals surface area contributed by atoms with E-state index in [-0.39, 0.29) is 0 Å². The zero-order chi connectivity index (χ0) is 9.54. The van der Waals surface area contributed by atoms with Crippen molar-refractivity contribution in [3.8, 4) is 0 Å². The van der Waals surface area contributed by atoms with Crippen LogP contribution in [0.1, 0.15) is 5.56 Å². The number of hydrogen-bond donors (Lipinski definition) is 1. The third-order valence-electron chi connectivity index (χ3n) is 2.66. The van der Waals surface area contributed by atoms with Gasteiger partial charge in [0.05, 0.1) is 12.0 Å². The van der Waals surface area contributed by atoms with Crippen molar-refractivity contribution in [3.63, 3.8) is 0 Å². The van der Waals surface area contributed by atoms with Crippen LogP contribution in [-0.2, 0) is 0 Å². The molecular formula is C12H10N2. The van der Waals surface area contributed by atoms with Gasteiger partial charge in [-0.15, -0.1) is 0 Å². The van der Waals surface area contributed by atoms with Crippen LogP contribution in [0.5, 0.6) is 0 Å². The molecule has 2 nitrogen and oxygen atoms in total. The fraction of sp³-hybridized carbons (Fsp3) is 0.0833. The Morgan fingerprint density at radius 3 is 3.00 bits per heavy atom. The van der Waals surface area contributed by atoms with Gasteiger partial charge in [0.25, 0.3) is 0 Å². The number of hydrogen-bond acceptors (Lipinski definition) is 2. The smallest absolute Gasteiger partial charge is 0.0930 e. The Bertz CT molecular complexity index is 541. The third-order valence-corrected chi connectivity index (χ3v) is 2.66. The highest BCUT2D eigenvalue weighted by Gasteiger charge is 2.09. The number of nitrogens with one attached hydrogen (secondary N) is 1. The van der Waals surface area contributed by atoms with Gasteiger partial charge in [-0.05, 0) is 30.0 Å². The van der Waals surface area contributed by atoms with Gasteiger partial charge in [0.1, 0.15) is 0 Å². The molecule has 2 aromatic rings. The second-order valence-electron chi connectivity index (χ2n) is 3.53. The highest BCUT2D eigenvalue weighted by molar-refractivity contribution is 6.09. The van der Waals surface area contributed by atoms with Gasteiger partial charge in [-0.2, -0.15) is 0 Å². The van der Waals surface area contributed by atoms with Gasteiger partial charge in [-0.1, -0.05) is 18.2 Å². The summed E-state index contributed by atoms with van der Waals surface area (Å²) in [5, 5.41) is 5.68. The SMILES string of the molecule is Cc1ccc2c3c(cccc13)NC=N2. The fourth-order valence-corrected chi connectivity index (χ4v) is 1.93. The molecule has 2 heteroatoms. The minimum atomic E-state index is 1.06. The van der Waals surface area contributed by atoms with Crippen molar-refractivity contribution in [2.45, 2.75) is 6.92 Å². The van der Waals surface area contributed by atoms with Crippen LogP contribution in [0.25, 0.3) is 10.8 Å². The first-order valence-corrected chi connectivity index (χ1v) is 4.68. The monoisotopic (exact) mass is 182 g/mol. The van der Waals surface area contributed by atoms with Gasteiger partial charge in [-0.3, -0.25) is 0 Å². The summed E-state index contributed by atoms with van der Waals surface area (Å²) in [5.74, 6) is 0. The van der Waals surface area contributed by atoms with Crippen molar-refractivity contribution >= 4 is 28.5 Å². The summed E-state index contributed by atoms with van der Waals surface area (Å²) < 4.78 is 0. The molecule has 0 unspecified atom stereocenters. The van der Waals surface area contributed by atoms with Crippen molar-refractivity contribution in [1.29, 1.82) is 0 Å². The summed E-state index contributed by atoms with van der Waals surface area (Å²) in [6.07, 6.45) is 1.74. The van der Waals surface area contributed by atoms with E-state index in [0.29, 0.717) is 0 Å². The molecule has 1 N–H and O–H groups in total. The summed E-state index contributed by atoms with van der Waals surface area (Å²) in [6, 6.07) is 10.5. The molecule has 3 rings (SSSR count). The minimum absolute atomic E-state index is 1.06. The molecule has 1 aliphatic rings. The van der Waals surface area contributed by atoms with E-state index in [1.54, 1.807) is 6.34 Å². The average Bonchev–Trinajstić information content (AvgIpc) is 2.24. The first-order valence-electron chi connectivity index (χ1n) is 4.68. The lowest BCUT2D eigenvalue weighted by Gasteiger charge is -2.14. The number of aliphatic imine (C=N–C) groups is 1. The molecule has 0 aliphatic carbocycles. The lowest BCUT2D eigenvalue weighted by molar-refractivity contribution is 1.47. The molecule has 0 saturated heterocycles. The molecule has 0 radical (unpaired) electrons. The van der Waals surface area contributed by atoms with Crippen molar-refractivity contribution < 1.29 is 0 Å². The van der Waals surface area contributed by atoms with Crippen LogP contribution in [0, 0.1) is 6.92 Å². The average molecular weight is 182 g/mol. The van der Waals surface area contributed by atoms with Gasteiger partial charge >= 0.3 is 0 Å². The summed E-state index contributed by atoms with van der Waals surface area (Å²) in [4.78, 5) is 4.32. The maximum atomic E-state index is 4.32. The molecule has 1 aliphatic heterocycles. The molecule has 0 saturated carbocycles. The van der Waals surface area contributed by atoms with Gasteiger partial charge in [0, 0.05) is 11.1 Å². The lowest BCUT2D eigenvalue weighted by atomic mass is 10.0. The summed E-state index contributed by atoms with van der Waals surface area (Å²) in [7, 11) is 0. The van der Waals surface area contributed by atoms with Crippen LogP contribution in [-0.4, -0.2) is 6.34 Å². The Morgan fingerprint density at radius 1 is 1.14 bits per heavy atom. The second-order valence-corrected chi connectivity index (χ2v) is 3.53. The van der Waals surface area contributed by atoms with E-state index in [1.807, 2.05) is 0 Å². The Hall–Kier alpha value is -1.83. The predicted octanol–water partition coefficient (Wildman–Crippen LogP) is 3.23. The van der Waals surface area contributed by atoms with Crippen LogP contribution in [0.3, 0.4) is 0 Å². The van der Waals surface area contributed by atoms with Gasteiger partial charge in [-0.25, -0.2) is 4.99 Å². The fourth-order valence-electron chi connectivity index (χ4n) is 1.93. The van der Waals surface area contributed by atoms with Crippen LogP contribution in [0.15, 0.2) is 35.3 Å². The molecule has 0 amide bonds. The molecule has 0 atom stereocenters. The highest BCUT2D eigenvalue weighted by Crippen LogP contribution is 2.35. The van der Waals surface area contributed by atoms with E-state index in [1.165, 1.54) is 16.3 Å². The number of anilines is 1. The molecule has 0 aromatic heterocycles. The molecule has 0 fully saturated rings. The number of rotatable bonds is 0. The van der Waals surface area contributed by atoms with Crippen LogP contribution >= 0.6 is 0 Å². The quantitative estimate of drug-likeness (QED) is 0.664. The first kappa shape index (κ1) is 7.56. The van der Waals surface area contributed by atoms with E-state index in [2.05, 4.69) is 47.6 Å². The molecular weight excluding hydrogens is 172 g/mol. The molecule has 1 heterocycles. The highest BCUT2D eigenvalue weighted by atomic mass is 15.0. The predicted molar refractivity (Wildman–Crippen MR) is 60.5 cm³/mol. The largest absolute Gasteiger partial charge is 0.346 e. The third kappa shape index (κ3) is 0.880. The minimum Gasteiger partial charge on any atom is -0.346 e. The van der Waals surface area contributed by atoms with Gasteiger partial charge in [0.2, 0.25) is 0 Å². The maximum absolute atomic E-state index is 4.32. The van der Waals surface area contributed by atoms with Gasteiger partial charge in [0.15, 0.2) is 0 Å². The van der Waals surface area contributed by atoms with Crippen LogP contribution < -0.4 is 5.32 Å². The van der Waals surface area contributed by atoms with E-state index in [4.69, 9.17) is 0 Å². The standard InChI is InChI=1S/C12H10N2/c1-8-5-6-11-12-9(8)3-2-4-10(12)13-7-14-11/h2-7H,1H3,(H,13,14). The second kappa shape index (κ2) is 2.58. The number of nitrogens with zero attached hydrogens (tertiary/aromatic N) is 1. The molecule has 0 bridgehead atoms. The van der Waals surface area contributed by atoms with Gasteiger partial charge < -0.3 is 5.32 Å². The number of aryl methyl sites for hydroxylation is 1. The number of benzene rings is 2. The summed E-state index contributed by atoms with van der Waals surface area (Å²) in [6.45, 7) is 2.13. The van der Waals surface area contributed by atoms with E-state index in [9.17, 15) is 0 Å². The van der Waals surface area contributed by atoms with Crippen LogP contribution in [0.4, 0.5) is 11.4 Å². The zero-order valence-corrected chi connectivity index (χ0v) is 7.91. The van der Waals surface area contributed by atoms with E-state index >= 15 is 0 Å². The summed E-state index contributed by atoms with van der Waals surface area (Å²) in [5.41, 5.74) is 3.50. The normalized spacial score (nSPS) is 12.9. The van der Waals surface area contributed by atoms with E-state index in [0.717, 1.165) is 11.4 Å². The Labute approximate surface area is 82.3 Å². The van der Waals surface area contributed by atoms with Crippen molar-refractivity contribution in [2.75, 3.05) is 5.32 Å². The van der Waals surface area contributed by atoms with Crippen molar-refractivity contribution in [1.82, 2.24) is 0 Å².